The highest BCUT2D eigenvalue weighted by Crippen LogP contribution is 2.28. The Hall–Kier alpha value is -1.85. The molecule has 6 nitrogen and oxygen atoms in total. The van der Waals surface area contributed by atoms with Crippen LogP contribution in [0.4, 0.5) is 5.82 Å². The van der Waals surface area contributed by atoms with Gasteiger partial charge in [0, 0.05) is 25.1 Å². The first-order chi connectivity index (χ1) is 10.2. The Morgan fingerprint density at radius 3 is 2.71 bits per heavy atom. The van der Waals surface area contributed by atoms with Crippen molar-refractivity contribution in [3.63, 3.8) is 0 Å². The number of likely N-dealkylation sites (tertiary alicyclic amines) is 1. The fraction of sp³-hybridized carbons (Fsp3) is 0.667. The van der Waals surface area contributed by atoms with Crippen molar-refractivity contribution >= 4 is 17.6 Å². The van der Waals surface area contributed by atoms with Crippen LogP contribution in [0.3, 0.4) is 0 Å². The molecule has 3 rings (SSSR count). The van der Waals surface area contributed by atoms with Crippen LogP contribution in [0.15, 0.2) is 12.3 Å². The number of H-pyrrole nitrogens is 1. The molecule has 2 heterocycles. The minimum absolute atomic E-state index is 0.0938. The zero-order valence-corrected chi connectivity index (χ0v) is 12.2. The van der Waals surface area contributed by atoms with Crippen LogP contribution in [0.2, 0.25) is 0 Å². The molecule has 0 radical (unpaired) electrons. The summed E-state index contributed by atoms with van der Waals surface area (Å²) in [5, 5.41) is 9.29. The third-order valence-electron chi connectivity index (χ3n) is 4.55. The van der Waals surface area contributed by atoms with Gasteiger partial charge in [0.05, 0.1) is 12.1 Å². The van der Waals surface area contributed by atoms with Crippen molar-refractivity contribution in [3.05, 3.63) is 12.3 Å². The topological polar surface area (TPSA) is 78.1 Å². The molecule has 2 fully saturated rings. The van der Waals surface area contributed by atoms with Crippen molar-refractivity contribution in [2.45, 2.75) is 51.0 Å². The molecule has 1 aliphatic heterocycles. The Labute approximate surface area is 124 Å². The first-order valence-electron chi connectivity index (χ1n) is 7.84. The lowest BCUT2D eigenvalue weighted by Crippen LogP contribution is -2.37. The van der Waals surface area contributed by atoms with E-state index in [-0.39, 0.29) is 17.7 Å². The van der Waals surface area contributed by atoms with E-state index in [9.17, 15) is 9.59 Å². The number of hydrogen-bond donors (Lipinski definition) is 2. The summed E-state index contributed by atoms with van der Waals surface area (Å²) in [5.41, 5.74) is 0. The van der Waals surface area contributed by atoms with E-state index >= 15 is 0 Å². The summed E-state index contributed by atoms with van der Waals surface area (Å²) < 4.78 is 0. The Morgan fingerprint density at radius 1 is 1.29 bits per heavy atom. The second-order valence-electron chi connectivity index (χ2n) is 6.05. The molecular formula is C15H22N4O2. The lowest BCUT2D eigenvalue weighted by Gasteiger charge is -2.27. The van der Waals surface area contributed by atoms with Gasteiger partial charge in [0.2, 0.25) is 11.8 Å². The maximum Gasteiger partial charge on any atom is 0.230 e. The van der Waals surface area contributed by atoms with E-state index in [4.69, 9.17) is 0 Å². The van der Waals surface area contributed by atoms with Gasteiger partial charge in [-0.1, -0.05) is 25.7 Å². The SMILES string of the molecule is O=C(Nc1ccn[nH]1)C1CC(=O)N(C2CCCCCC2)C1. The van der Waals surface area contributed by atoms with Gasteiger partial charge in [0.25, 0.3) is 0 Å². The summed E-state index contributed by atoms with van der Waals surface area (Å²) in [7, 11) is 0. The third-order valence-corrected chi connectivity index (χ3v) is 4.55. The van der Waals surface area contributed by atoms with Crippen LogP contribution >= 0.6 is 0 Å². The van der Waals surface area contributed by atoms with Gasteiger partial charge in [-0.2, -0.15) is 5.10 Å². The van der Waals surface area contributed by atoms with Crippen molar-refractivity contribution in [2.75, 3.05) is 11.9 Å². The van der Waals surface area contributed by atoms with Crippen molar-refractivity contribution < 1.29 is 9.59 Å². The van der Waals surface area contributed by atoms with Crippen LogP contribution in [0, 0.1) is 5.92 Å². The standard InChI is InChI=1S/C15H22N4O2/c20-14-9-11(15(21)17-13-7-8-16-18-13)10-19(14)12-5-3-1-2-4-6-12/h7-8,11-12H,1-6,9-10H2,(H2,16,17,18,21). The van der Waals surface area contributed by atoms with Gasteiger partial charge in [-0.25, -0.2) is 0 Å². The van der Waals surface area contributed by atoms with Gasteiger partial charge in [0.15, 0.2) is 0 Å². The van der Waals surface area contributed by atoms with E-state index in [1.165, 1.54) is 25.7 Å². The number of carbonyl (C=O) groups is 2. The van der Waals surface area contributed by atoms with Gasteiger partial charge in [-0.3, -0.25) is 14.7 Å². The number of hydrogen-bond acceptors (Lipinski definition) is 3. The molecule has 0 bridgehead atoms. The number of aromatic amines is 1. The van der Waals surface area contributed by atoms with E-state index in [1.54, 1.807) is 12.3 Å². The molecule has 2 N–H and O–H groups in total. The summed E-state index contributed by atoms with van der Waals surface area (Å²) in [6.07, 6.45) is 9.01. The predicted octanol–water partition coefficient (Wildman–Crippen LogP) is 1.92. The molecule has 1 aromatic heterocycles. The molecule has 2 aliphatic rings. The van der Waals surface area contributed by atoms with Crippen molar-refractivity contribution in [2.24, 2.45) is 5.92 Å². The highest BCUT2D eigenvalue weighted by Gasteiger charge is 2.37. The zero-order valence-electron chi connectivity index (χ0n) is 12.2. The summed E-state index contributed by atoms with van der Waals surface area (Å²) in [6.45, 7) is 0.559. The summed E-state index contributed by atoms with van der Waals surface area (Å²) in [4.78, 5) is 26.4. The molecule has 1 aliphatic carbocycles. The lowest BCUT2D eigenvalue weighted by molar-refractivity contribution is -0.130. The second kappa shape index (κ2) is 6.28. The van der Waals surface area contributed by atoms with Crippen molar-refractivity contribution in [1.29, 1.82) is 0 Å². The van der Waals surface area contributed by atoms with E-state index in [1.807, 2.05) is 4.90 Å². The van der Waals surface area contributed by atoms with Gasteiger partial charge in [-0.15, -0.1) is 0 Å². The minimum Gasteiger partial charge on any atom is -0.339 e. The monoisotopic (exact) mass is 290 g/mol. The predicted molar refractivity (Wildman–Crippen MR) is 78.5 cm³/mol. The van der Waals surface area contributed by atoms with Gasteiger partial charge in [-0.05, 0) is 12.8 Å². The van der Waals surface area contributed by atoms with Crippen molar-refractivity contribution in [1.82, 2.24) is 15.1 Å². The average Bonchev–Trinajstić information content (AvgIpc) is 3.02. The maximum absolute atomic E-state index is 12.2. The van der Waals surface area contributed by atoms with Crippen LogP contribution in [0.1, 0.15) is 44.9 Å². The van der Waals surface area contributed by atoms with E-state index in [0.29, 0.717) is 24.8 Å². The number of carbonyl (C=O) groups excluding carboxylic acids is 2. The van der Waals surface area contributed by atoms with Gasteiger partial charge in [0.1, 0.15) is 5.82 Å². The Balaban J connectivity index is 1.59. The molecular weight excluding hydrogens is 268 g/mol. The Bertz CT molecular complexity index is 492. The van der Waals surface area contributed by atoms with Gasteiger partial charge < -0.3 is 10.2 Å². The van der Waals surface area contributed by atoms with E-state index in [2.05, 4.69) is 15.5 Å². The normalized spacial score (nSPS) is 24.1. The average molecular weight is 290 g/mol. The molecule has 21 heavy (non-hydrogen) atoms. The molecule has 1 atom stereocenters. The number of aromatic nitrogens is 2. The van der Waals surface area contributed by atoms with Crippen LogP contribution in [-0.2, 0) is 9.59 Å². The Morgan fingerprint density at radius 2 is 2.05 bits per heavy atom. The summed E-state index contributed by atoms with van der Waals surface area (Å²) in [6, 6.07) is 2.04. The molecule has 1 aromatic rings. The molecule has 0 aromatic carbocycles. The minimum atomic E-state index is -0.246. The third kappa shape index (κ3) is 3.25. The van der Waals surface area contributed by atoms with E-state index in [0.717, 1.165) is 12.8 Å². The highest BCUT2D eigenvalue weighted by atomic mass is 16.2. The molecule has 1 saturated carbocycles. The highest BCUT2D eigenvalue weighted by molar-refractivity contribution is 5.96. The largest absolute Gasteiger partial charge is 0.339 e. The van der Waals surface area contributed by atoms with Crippen molar-refractivity contribution in [3.8, 4) is 0 Å². The fourth-order valence-electron chi connectivity index (χ4n) is 3.39. The first-order valence-corrected chi connectivity index (χ1v) is 7.84. The summed E-state index contributed by atoms with van der Waals surface area (Å²) >= 11 is 0. The quantitative estimate of drug-likeness (QED) is 0.835. The first kappa shape index (κ1) is 14.1. The molecule has 6 heteroatoms. The van der Waals surface area contributed by atoms with Crippen LogP contribution in [0.5, 0.6) is 0 Å². The smallest absolute Gasteiger partial charge is 0.230 e. The van der Waals surface area contributed by atoms with Crippen LogP contribution in [0.25, 0.3) is 0 Å². The number of rotatable bonds is 3. The maximum atomic E-state index is 12.2. The molecule has 0 spiro atoms. The van der Waals surface area contributed by atoms with Crippen LogP contribution in [-0.4, -0.2) is 39.5 Å². The van der Waals surface area contributed by atoms with Gasteiger partial charge >= 0.3 is 0 Å². The molecule has 1 saturated heterocycles. The lowest BCUT2D eigenvalue weighted by atomic mass is 10.1. The molecule has 114 valence electrons. The van der Waals surface area contributed by atoms with E-state index < -0.39 is 0 Å². The fourth-order valence-corrected chi connectivity index (χ4v) is 3.39. The molecule has 1 unspecified atom stereocenters. The van der Waals surface area contributed by atoms with Crippen LogP contribution < -0.4 is 5.32 Å². The summed E-state index contributed by atoms with van der Waals surface area (Å²) in [5.74, 6) is 0.375. The second-order valence-corrected chi connectivity index (χ2v) is 6.05. The number of anilines is 1. The Kier molecular flexibility index (Phi) is 4.22. The number of nitrogens with zero attached hydrogens (tertiary/aromatic N) is 2. The number of nitrogens with one attached hydrogen (secondary N) is 2. The molecule has 2 amide bonds. The number of amides is 2. The zero-order chi connectivity index (χ0) is 14.7.